The number of hydrogen-bond donors (Lipinski definition) is 0. The van der Waals surface area contributed by atoms with Crippen molar-refractivity contribution in [2.75, 3.05) is 6.61 Å². The maximum atomic E-state index is 12.8. The zero-order chi connectivity index (χ0) is 14.5. The summed E-state index contributed by atoms with van der Waals surface area (Å²) >= 11 is 3.38. The van der Waals surface area contributed by atoms with Crippen molar-refractivity contribution >= 4 is 21.7 Å². The first-order valence-electron chi connectivity index (χ1n) is 6.24. The number of rotatable bonds is 5. The van der Waals surface area contributed by atoms with Gasteiger partial charge < -0.3 is 4.74 Å². The van der Waals surface area contributed by atoms with E-state index in [1.165, 1.54) is 24.3 Å². The van der Waals surface area contributed by atoms with E-state index < -0.39 is 0 Å². The molecule has 0 heterocycles. The Hall–Kier alpha value is -1.68. The lowest BCUT2D eigenvalue weighted by atomic mass is 10.1. The molecule has 0 amide bonds. The zero-order valence-corrected chi connectivity index (χ0v) is 12.6. The number of halogens is 2. The smallest absolute Gasteiger partial charge is 0.166 e. The number of ether oxygens (including phenoxy) is 1. The van der Waals surface area contributed by atoms with E-state index in [9.17, 15) is 9.18 Å². The second-order valence-electron chi connectivity index (χ2n) is 4.44. The van der Waals surface area contributed by atoms with Crippen molar-refractivity contribution in [2.24, 2.45) is 0 Å². The molecule has 2 rings (SSSR count). The molecular formula is C16H14BrFO2. The summed E-state index contributed by atoms with van der Waals surface area (Å²) in [4.78, 5) is 11.9. The Morgan fingerprint density at radius 2 is 1.90 bits per heavy atom. The van der Waals surface area contributed by atoms with Gasteiger partial charge in [-0.25, -0.2) is 4.39 Å². The van der Waals surface area contributed by atoms with Crippen molar-refractivity contribution in [2.45, 2.75) is 13.3 Å². The monoisotopic (exact) mass is 336 g/mol. The van der Waals surface area contributed by atoms with Crippen LogP contribution < -0.4 is 4.74 Å². The van der Waals surface area contributed by atoms with Gasteiger partial charge in [0.2, 0.25) is 0 Å². The number of Topliss-reactive ketones (excluding diaryl/α,β-unsaturated/α-hetero) is 1. The summed E-state index contributed by atoms with van der Waals surface area (Å²) in [5, 5.41) is 0. The predicted molar refractivity (Wildman–Crippen MR) is 79.7 cm³/mol. The summed E-state index contributed by atoms with van der Waals surface area (Å²) in [7, 11) is 0. The Kier molecular flexibility index (Phi) is 4.90. The van der Waals surface area contributed by atoms with E-state index in [1.807, 2.05) is 25.1 Å². The summed E-state index contributed by atoms with van der Waals surface area (Å²) < 4.78 is 19.3. The summed E-state index contributed by atoms with van der Waals surface area (Å²) in [6.45, 7) is 2.25. The molecular weight excluding hydrogens is 323 g/mol. The van der Waals surface area contributed by atoms with Crippen LogP contribution >= 0.6 is 15.9 Å². The normalized spacial score (nSPS) is 10.3. The van der Waals surface area contributed by atoms with Gasteiger partial charge in [-0.2, -0.15) is 0 Å². The Labute approximate surface area is 125 Å². The lowest BCUT2D eigenvalue weighted by Crippen LogP contribution is -2.07. The number of benzene rings is 2. The second-order valence-corrected chi connectivity index (χ2v) is 5.35. The van der Waals surface area contributed by atoms with Gasteiger partial charge in [0.15, 0.2) is 5.78 Å². The molecule has 0 N–H and O–H groups in total. The molecule has 0 saturated carbocycles. The molecule has 4 heteroatoms. The zero-order valence-electron chi connectivity index (χ0n) is 11.0. The third-order valence-corrected chi connectivity index (χ3v) is 3.38. The van der Waals surface area contributed by atoms with Gasteiger partial charge in [0, 0.05) is 16.5 Å². The summed E-state index contributed by atoms with van der Waals surface area (Å²) in [6.07, 6.45) is 0.265. The lowest BCUT2D eigenvalue weighted by Gasteiger charge is -2.09. The van der Waals surface area contributed by atoms with Gasteiger partial charge in [-0.05, 0) is 55.0 Å². The fourth-order valence-electron chi connectivity index (χ4n) is 1.81. The molecule has 2 aromatic rings. The second kappa shape index (κ2) is 6.66. The summed E-state index contributed by atoms with van der Waals surface area (Å²) in [6, 6.07) is 11.3. The van der Waals surface area contributed by atoms with E-state index >= 15 is 0 Å². The van der Waals surface area contributed by atoms with Crippen LogP contribution in [0.15, 0.2) is 46.9 Å². The average Bonchev–Trinajstić information content (AvgIpc) is 2.42. The first-order chi connectivity index (χ1) is 9.56. The molecule has 2 aromatic carbocycles. The topological polar surface area (TPSA) is 26.3 Å². The van der Waals surface area contributed by atoms with Crippen LogP contribution in [0.25, 0.3) is 0 Å². The van der Waals surface area contributed by atoms with Gasteiger partial charge in [0.1, 0.15) is 11.6 Å². The van der Waals surface area contributed by atoms with E-state index in [0.29, 0.717) is 12.2 Å². The van der Waals surface area contributed by atoms with Crippen molar-refractivity contribution in [3.63, 3.8) is 0 Å². The van der Waals surface area contributed by atoms with E-state index in [1.54, 1.807) is 0 Å². The van der Waals surface area contributed by atoms with Crippen LogP contribution in [0.2, 0.25) is 0 Å². The molecule has 0 fully saturated rings. The van der Waals surface area contributed by atoms with Crippen LogP contribution in [0.5, 0.6) is 5.75 Å². The predicted octanol–water partition coefficient (Wildman–Crippen LogP) is 4.55. The molecule has 0 radical (unpaired) electrons. The average molecular weight is 337 g/mol. The largest absolute Gasteiger partial charge is 0.493 e. The van der Waals surface area contributed by atoms with E-state index in [2.05, 4.69) is 15.9 Å². The van der Waals surface area contributed by atoms with E-state index in [4.69, 9.17) is 4.74 Å². The first kappa shape index (κ1) is 14.7. The minimum absolute atomic E-state index is 0.0558. The van der Waals surface area contributed by atoms with Gasteiger partial charge >= 0.3 is 0 Å². The van der Waals surface area contributed by atoms with Crippen LogP contribution in [0.4, 0.5) is 4.39 Å². The molecule has 0 unspecified atom stereocenters. The fraction of sp³-hybridized carbons (Fsp3) is 0.188. The van der Waals surface area contributed by atoms with Crippen molar-refractivity contribution in [3.8, 4) is 5.75 Å². The Balaban J connectivity index is 1.89. The molecule has 104 valence electrons. The van der Waals surface area contributed by atoms with Crippen molar-refractivity contribution in [1.82, 2.24) is 0 Å². The third kappa shape index (κ3) is 3.90. The molecule has 0 aliphatic rings. The van der Waals surface area contributed by atoms with Crippen LogP contribution in [-0.4, -0.2) is 12.4 Å². The molecule has 0 bridgehead atoms. The minimum atomic E-state index is -0.344. The van der Waals surface area contributed by atoms with Crippen LogP contribution in [0.3, 0.4) is 0 Å². The number of carbonyl (C=O) groups is 1. The molecule has 0 atom stereocenters. The third-order valence-electron chi connectivity index (χ3n) is 2.89. The maximum Gasteiger partial charge on any atom is 0.166 e. The number of carbonyl (C=O) groups excluding carboxylic acids is 1. The highest BCUT2D eigenvalue weighted by Gasteiger charge is 2.07. The van der Waals surface area contributed by atoms with Gasteiger partial charge in [-0.1, -0.05) is 15.9 Å². The van der Waals surface area contributed by atoms with Gasteiger partial charge in [-0.3, -0.25) is 4.79 Å². The van der Waals surface area contributed by atoms with Crippen LogP contribution in [0, 0.1) is 12.7 Å². The number of aryl methyl sites for hydroxylation is 1. The van der Waals surface area contributed by atoms with Gasteiger partial charge in [-0.15, -0.1) is 0 Å². The van der Waals surface area contributed by atoms with Crippen LogP contribution in [-0.2, 0) is 0 Å². The van der Waals surface area contributed by atoms with E-state index in [0.717, 1.165) is 15.8 Å². The van der Waals surface area contributed by atoms with Crippen molar-refractivity contribution in [1.29, 1.82) is 0 Å². The van der Waals surface area contributed by atoms with Gasteiger partial charge in [0.25, 0.3) is 0 Å². The van der Waals surface area contributed by atoms with Crippen molar-refractivity contribution < 1.29 is 13.9 Å². The fourth-order valence-corrected chi connectivity index (χ4v) is 2.28. The van der Waals surface area contributed by atoms with Gasteiger partial charge in [0.05, 0.1) is 6.61 Å². The summed E-state index contributed by atoms with van der Waals surface area (Å²) in [5.41, 5.74) is 1.51. The minimum Gasteiger partial charge on any atom is -0.493 e. The molecule has 0 spiro atoms. The molecule has 20 heavy (non-hydrogen) atoms. The molecule has 0 aliphatic carbocycles. The Bertz CT molecular complexity index is 608. The Morgan fingerprint density at radius 1 is 1.20 bits per heavy atom. The SMILES string of the molecule is Cc1cc(Br)ccc1OCCC(=O)c1ccc(F)cc1. The van der Waals surface area contributed by atoms with Crippen LogP contribution in [0.1, 0.15) is 22.3 Å². The molecule has 0 saturated heterocycles. The highest BCUT2D eigenvalue weighted by Crippen LogP contribution is 2.22. The van der Waals surface area contributed by atoms with Crippen molar-refractivity contribution in [3.05, 3.63) is 63.9 Å². The molecule has 2 nitrogen and oxygen atoms in total. The lowest BCUT2D eigenvalue weighted by molar-refractivity contribution is 0.0962. The quantitative estimate of drug-likeness (QED) is 0.749. The molecule has 0 aromatic heterocycles. The first-order valence-corrected chi connectivity index (χ1v) is 7.03. The number of hydrogen-bond acceptors (Lipinski definition) is 2. The number of ketones is 1. The van der Waals surface area contributed by atoms with E-state index in [-0.39, 0.29) is 18.0 Å². The highest BCUT2D eigenvalue weighted by atomic mass is 79.9. The highest BCUT2D eigenvalue weighted by molar-refractivity contribution is 9.10. The molecule has 0 aliphatic heterocycles. The Morgan fingerprint density at radius 3 is 2.55 bits per heavy atom. The summed E-state index contributed by atoms with van der Waals surface area (Å²) in [5.74, 6) is 0.364. The standard InChI is InChI=1S/C16H14BrFO2/c1-11-10-13(17)4-7-16(11)20-9-8-15(19)12-2-5-14(18)6-3-12/h2-7,10H,8-9H2,1H3. The maximum absolute atomic E-state index is 12.8.